The number of hydrogen-bond donors (Lipinski definition) is 1. The number of aromatic nitrogens is 1. The summed E-state index contributed by atoms with van der Waals surface area (Å²) in [7, 11) is -0.693. The minimum Gasteiger partial charge on any atom is -0.399 e. The zero-order chi connectivity index (χ0) is 24.6. The molecule has 1 aliphatic heterocycles. The van der Waals surface area contributed by atoms with E-state index in [1.807, 2.05) is 41.5 Å². The van der Waals surface area contributed by atoms with E-state index in [4.69, 9.17) is 13.8 Å². The fourth-order valence-corrected chi connectivity index (χ4v) is 3.25. The normalized spacial score (nSPS) is 17.1. The Balaban J connectivity index is 0.00000149. The molecule has 0 radical (unpaired) electrons. The van der Waals surface area contributed by atoms with Gasteiger partial charge in [0.15, 0.2) is 11.4 Å². The lowest BCUT2D eigenvalue weighted by Gasteiger charge is -2.32. The van der Waals surface area contributed by atoms with Gasteiger partial charge in [0.25, 0.3) is 0 Å². The zero-order valence-corrected chi connectivity index (χ0v) is 19.4. The molecule has 0 saturated carbocycles. The molecule has 1 fully saturated rings. The van der Waals surface area contributed by atoms with Gasteiger partial charge < -0.3 is 19.1 Å². The number of anilines is 1. The van der Waals surface area contributed by atoms with Crippen molar-refractivity contribution in [1.29, 1.82) is 0 Å². The summed E-state index contributed by atoms with van der Waals surface area (Å²) in [4.78, 5) is 0. The minimum absolute atomic E-state index is 0.00730. The molecule has 0 bridgehead atoms. The third kappa shape index (κ3) is 5.01. The Kier molecular flexibility index (Phi) is 6.82. The average Bonchev–Trinajstić information content (AvgIpc) is 3.24. The van der Waals surface area contributed by atoms with Crippen molar-refractivity contribution >= 4 is 29.4 Å². The molecule has 33 heavy (non-hydrogen) atoms. The van der Waals surface area contributed by atoms with Crippen molar-refractivity contribution < 1.29 is 31.4 Å². The number of hydrogen-bond acceptors (Lipinski definition) is 5. The number of halogens is 4. The highest BCUT2D eigenvalue weighted by Gasteiger charge is 2.51. The Morgan fingerprint density at radius 1 is 0.970 bits per heavy atom. The molecule has 0 unspecified atom stereocenters. The van der Waals surface area contributed by atoms with Crippen LogP contribution in [0, 0.1) is 5.82 Å². The van der Waals surface area contributed by atoms with Gasteiger partial charge in [0.1, 0.15) is 5.82 Å². The standard InChI is InChI=1S/C21H21BF4N2O3.C2H6/c1-19(2)20(3,4)31-22(30-19)14-7-5-12(16(23)10-14)11-27-18-15-9-13(21(24,25)26)6-8-17(15)29-28-18;1-2/h5-10H,11H2,1-4H3,(H,27,28);1-2H3. The van der Waals surface area contributed by atoms with Gasteiger partial charge in [-0.25, -0.2) is 4.39 Å². The summed E-state index contributed by atoms with van der Waals surface area (Å²) in [6.07, 6.45) is -4.49. The van der Waals surface area contributed by atoms with E-state index in [-0.39, 0.29) is 23.3 Å². The quantitative estimate of drug-likeness (QED) is 0.382. The van der Waals surface area contributed by atoms with Crippen LogP contribution >= 0.6 is 0 Å². The van der Waals surface area contributed by atoms with E-state index >= 15 is 0 Å². The third-order valence-electron chi connectivity index (χ3n) is 5.85. The average molecular weight is 466 g/mol. The lowest BCUT2D eigenvalue weighted by atomic mass is 9.78. The van der Waals surface area contributed by atoms with Gasteiger partial charge in [-0.2, -0.15) is 13.2 Å². The Morgan fingerprint density at radius 3 is 2.18 bits per heavy atom. The van der Waals surface area contributed by atoms with Crippen LogP contribution in [0.4, 0.5) is 23.4 Å². The summed E-state index contributed by atoms with van der Waals surface area (Å²) in [5.41, 5.74) is -0.851. The summed E-state index contributed by atoms with van der Waals surface area (Å²) in [5, 5.41) is 6.77. The Labute approximate surface area is 190 Å². The molecule has 4 rings (SSSR count). The van der Waals surface area contributed by atoms with Crippen molar-refractivity contribution in [2.45, 2.75) is 65.5 Å². The van der Waals surface area contributed by atoms with Crippen LogP contribution in [-0.4, -0.2) is 23.5 Å². The molecular weight excluding hydrogens is 439 g/mol. The molecule has 3 aromatic rings. The first-order valence-electron chi connectivity index (χ1n) is 10.7. The number of benzene rings is 2. The van der Waals surface area contributed by atoms with Crippen molar-refractivity contribution in [2.24, 2.45) is 0 Å². The van der Waals surface area contributed by atoms with Gasteiger partial charge in [-0.3, -0.25) is 0 Å². The fraction of sp³-hybridized carbons (Fsp3) is 0.435. The second-order valence-corrected chi connectivity index (χ2v) is 8.53. The zero-order valence-electron chi connectivity index (χ0n) is 19.4. The van der Waals surface area contributed by atoms with Gasteiger partial charge >= 0.3 is 13.3 Å². The molecule has 0 amide bonds. The van der Waals surface area contributed by atoms with Crippen LogP contribution < -0.4 is 10.8 Å². The van der Waals surface area contributed by atoms with E-state index in [0.29, 0.717) is 11.0 Å². The predicted molar refractivity (Wildman–Crippen MR) is 120 cm³/mol. The molecule has 1 N–H and O–H groups in total. The molecule has 5 nitrogen and oxygen atoms in total. The van der Waals surface area contributed by atoms with Crippen LogP contribution in [0.5, 0.6) is 0 Å². The van der Waals surface area contributed by atoms with Gasteiger partial charge in [0, 0.05) is 12.1 Å². The highest BCUT2D eigenvalue weighted by atomic mass is 19.4. The predicted octanol–water partition coefficient (Wildman–Crippen LogP) is 5.92. The van der Waals surface area contributed by atoms with Crippen molar-refractivity contribution in [1.82, 2.24) is 5.16 Å². The highest BCUT2D eigenvalue weighted by molar-refractivity contribution is 6.62. The fourth-order valence-electron chi connectivity index (χ4n) is 3.25. The van der Waals surface area contributed by atoms with Crippen LogP contribution in [0.3, 0.4) is 0 Å². The number of nitrogens with zero attached hydrogens (tertiary/aromatic N) is 1. The number of nitrogens with one attached hydrogen (secondary N) is 1. The van der Waals surface area contributed by atoms with E-state index in [0.717, 1.165) is 12.1 Å². The maximum absolute atomic E-state index is 14.7. The maximum atomic E-state index is 14.7. The summed E-state index contributed by atoms with van der Waals surface area (Å²) in [6.45, 7) is 11.7. The topological polar surface area (TPSA) is 56.5 Å². The van der Waals surface area contributed by atoms with Crippen molar-refractivity contribution in [2.75, 3.05) is 5.32 Å². The van der Waals surface area contributed by atoms with Crippen molar-refractivity contribution in [3.05, 3.63) is 53.3 Å². The molecule has 1 saturated heterocycles. The van der Waals surface area contributed by atoms with Crippen molar-refractivity contribution in [3.8, 4) is 0 Å². The van der Waals surface area contributed by atoms with Crippen LogP contribution in [0.25, 0.3) is 11.0 Å². The lowest BCUT2D eigenvalue weighted by Crippen LogP contribution is -2.41. The third-order valence-corrected chi connectivity index (χ3v) is 5.85. The van der Waals surface area contributed by atoms with E-state index in [1.165, 1.54) is 12.1 Å². The van der Waals surface area contributed by atoms with Crippen LogP contribution in [0.15, 0.2) is 40.9 Å². The first kappa shape index (κ1) is 25.0. The summed E-state index contributed by atoms with van der Waals surface area (Å²) < 4.78 is 70.6. The van der Waals surface area contributed by atoms with Crippen LogP contribution in [0.1, 0.15) is 52.7 Å². The van der Waals surface area contributed by atoms with E-state index in [9.17, 15) is 17.6 Å². The van der Waals surface area contributed by atoms with Gasteiger partial charge in [0.2, 0.25) is 0 Å². The molecule has 0 spiro atoms. The molecule has 0 atom stereocenters. The van der Waals surface area contributed by atoms with E-state index < -0.39 is 35.9 Å². The van der Waals surface area contributed by atoms with E-state index in [1.54, 1.807) is 12.1 Å². The number of alkyl halides is 3. The van der Waals surface area contributed by atoms with Gasteiger partial charge in [-0.1, -0.05) is 31.1 Å². The van der Waals surface area contributed by atoms with Crippen molar-refractivity contribution in [3.63, 3.8) is 0 Å². The second-order valence-electron chi connectivity index (χ2n) is 8.53. The molecule has 2 aromatic carbocycles. The van der Waals surface area contributed by atoms with Gasteiger partial charge in [-0.05, 0) is 57.4 Å². The SMILES string of the molecule is CC.CC1(C)OB(c2ccc(CNc3noc4ccc(C(F)(F)F)cc34)c(F)c2)OC1(C)C. The van der Waals surface area contributed by atoms with E-state index in [2.05, 4.69) is 10.5 Å². The first-order chi connectivity index (χ1) is 15.4. The summed E-state index contributed by atoms with van der Waals surface area (Å²) in [5.74, 6) is -0.390. The molecule has 1 aromatic heterocycles. The number of rotatable bonds is 4. The van der Waals surface area contributed by atoms with Gasteiger partial charge in [-0.15, -0.1) is 0 Å². The maximum Gasteiger partial charge on any atom is 0.494 e. The summed E-state index contributed by atoms with van der Waals surface area (Å²) >= 11 is 0. The number of fused-ring (bicyclic) bond motifs is 1. The lowest BCUT2D eigenvalue weighted by molar-refractivity contribution is -0.137. The molecule has 0 aliphatic carbocycles. The smallest absolute Gasteiger partial charge is 0.399 e. The Bertz CT molecular complexity index is 1110. The second kappa shape index (κ2) is 8.98. The minimum atomic E-state index is -4.49. The van der Waals surface area contributed by atoms with Gasteiger partial charge in [0.05, 0.1) is 22.2 Å². The Morgan fingerprint density at radius 2 is 1.61 bits per heavy atom. The summed E-state index contributed by atoms with van der Waals surface area (Å²) in [6, 6.07) is 7.69. The Hall–Kier alpha value is -2.59. The molecule has 2 heterocycles. The largest absolute Gasteiger partial charge is 0.494 e. The molecular formula is C23H27BF4N2O3. The monoisotopic (exact) mass is 466 g/mol. The highest BCUT2D eigenvalue weighted by Crippen LogP contribution is 2.37. The molecule has 178 valence electrons. The van der Waals surface area contributed by atoms with Crippen LogP contribution in [0.2, 0.25) is 0 Å². The molecule has 1 aliphatic rings. The molecule has 10 heteroatoms. The van der Waals surface area contributed by atoms with Crippen LogP contribution in [-0.2, 0) is 22.0 Å². The first-order valence-corrected chi connectivity index (χ1v) is 10.7.